The van der Waals surface area contributed by atoms with Gasteiger partial charge in [-0.05, 0) is 48.2 Å². The molecule has 2 aromatic carbocycles. The summed E-state index contributed by atoms with van der Waals surface area (Å²) in [5.74, 6) is 0.513. The lowest BCUT2D eigenvalue weighted by molar-refractivity contribution is 0.0514. The number of nitrogens with zero attached hydrogens (tertiary/aromatic N) is 1. The van der Waals surface area contributed by atoms with Crippen LogP contribution < -0.4 is 10.6 Å². The molecule has 0 amide bonds. The minimum Gasteiger partial charge on any atom is -0.381 e. The Hall–Kier alpha value is -1.19. The third-order valence-corrected chi connectivity index (χ3v) is 5.63. The quantitative estimate of drug-likeness (QED) is 0.318. The molecule has 28 heavy (non-hydrogen) atoms. The molecular formula is C21H26BrFIN3O. The fraction of sp³-hybridized carbons (Fsp3) is 0.381. The van der Waals surface area contributed by atoms with Crippen LogP contribution in [-0.4, -0.2) is 32.8 Å². The lowest BCUT2D eigenvalue weighted by atomic mass is 9.74. The van der Waals surface area contributed by atoms with Crippen molar-refractivity contribution in [3.63, 3.8) is 0 Å². The highest BCUT2D eigenvalue weighted by atomic mass is 127. The predicted molar refractivity (Wildman–Crippen MR) is 126 cm³/mol. The first kappa shape index (κ1) is 23.1. The van der Waals surface area contributed by atoms with Gasteiger partial charge in [-0.15, -0.1) is 24.0 Å². The molecule has 4 nitrogen and oxygen atoms in total. The van der Waals surface area contributed by atoms with Gasteiger partial charge in [0.05, 0.1) is 0 Å². The molecule has 1 aliphatic heterocycles. The SMILES string of the molecule is CN=C(NCc1ccc(F)cc1)NCC1(c2ccc(Br)cc2)CCOCC1.I. The molecule has 7 heteroatoms. The Labute approximate surface area is 191 Å². The topological polar surface area (TPSA) is 45.7 Å². The molecule has 0 aromatic heterocycles. The molecule has 1 aliphatic rings. The van der Waals surface area contributed by atoms with Crippen LogP contribution in [0, 0.1) is 5.82 Å². The van der Waals surface area contributed by atoms with Crippen molar-refractivity contribution >= 4 is 45.9 Å². The summed E-state index contributed by atoms with van der Waals surface area (Å²) in [7, 11) is 1.76. The normalized spacial score (nSPS) is 16.2. The van der Waals surface area contributed by atoms with Crippen molar-refractivity contribution in [2.24, 2.45) is 4.99 Å². The maximum absolute atomic E-state index is 13.0. The maximum atomic E-state index is 13.0. The minimum atomic E-state index is -0.225. The molecule has 0 bridgehead atoms. The van der Waals surface area contributed by atoms with Crippen LogP contribution in [0.15, 0.2) is 58.0 Å². The Balaban J connectivity index is 0.00000280. The average molecular weight is 562 g/mol. The lowest BCUT2D eigenvalue weighted by Gasteiger charge is -2.38. The molecule has 0 spiro atoms. The van der Waals surface area contributed by atoms with E-state index < -0.39 is 0 Å². The minimum absolute atomic E-state index is 0. The van der Waals surface area contributed by atoms with Crippen LogP contribution in [0.3, 0.4) is 0 Å². The van der Waals surface area contributed by atoms with Crippen molar-refractivity contribution in [3.05, 3.63) is 69.9 Å². The summed E-state index contributed by atoms with van der Waals surface area (Å²) in [6.45, 7) is 2.90. The highest BCUT2D eigenvalue weighted by Gasteiger charge is 2.34. The van der Waals surface area contributed by atoms with Crippen LogP contribution in [-0.2, 0) is 16.7 Å². The number of nitrogens with one attached hydrogen (secondary N) is 2. The zero-order valence-electron chi connectivity index (χ0n) is 15.9. The van der Waals surface area contributed by atoms with Gasteiger partial charge in [-0.25, -0.2) is 4.39 Å². The second kappa shape index (κ2) is 11.1. The second-order valence-corrected chi connectivity index (χ2v) is 7.72. The van der Waals surface area contributed by atoms with E-state index in [1.165, 1.54) is 17.7 Å². The zero-order chi connectivity index (χ0) is 19.1. The van der Waals surface area contributed by atoms with Gasteiger partial charge in [0.1, 0.15) is 5.82 Å². The molecule has 0 atom stereocenters. The molecule has 1 fully saturated rings. The molecular weight excluding hydrogens is 536 g/mol. The number of benzene rings is 2. The molecule has 2 aromatic rings. The molecule has 1 saturated heterocycles. The van der Waals surface area contributed by atoms with Crippen LogP contribution in [0.2, 0.25) is 0 Å². The van der Waals surface area contributed by atoms with Crippen LogP contribution in [0.5, 0.6) is 0 Å². The molecule has 0 aliphatic carbocycles. The third-order valence-electron chi connectivity index (χ3n) is 5.10. The van der Waals surface area contributed by atoms with Gasteiger partial charge in [0.15, 0.2) is 5.96 Å². The van der Waals surface area contributed by atoms with Crippen molar-refractivity contribution in [2.45, 2.75) is 24.8 Å². The van der Waals surface area contributed by atoms with Crippen LogP contribution in [0.25, 0.3) is 0 Å². The summed E-state index contributed by atoms with van der Waals surface area (Å²) in [6, 6.07) is 15.0. The number of halogens is 3. The Kier molecular flexibility index (Phi) is 9.17. The standard InChI is InChI=1S/C21H25BrFN3O.HI/c1-24-20(25-14-16-2-8-19(23)9-3-16)26-15-21(10-12-27-13-11-21)17-4-6-18(22)7-5-17;/h2-9H,10-15H2,1H3,(H2,24,25,26);1H. The number of hydrogen-bond acceptors (Lipinski definition) is 2. The van der Waals surface area contributed by atoms with E-state index in [9.17, 15) is 4.39 Å². The fourth-order valence-corrected chi connectivity index (χ4v) is 3.66. The fourth-order valence-electron chi connectivity index (χ4n) is 3.39. The first-order valence-corrected chi connectivity index (χ1v) is 9.93. The highest BCUT2D eigenvalue weighted by molar-refractivity contribution is 14.0. The molecule has 152 valence electrons. The number of ether oxygens (including phenoxy) is 1. The summed E-state index contributed by atoms with van der Waals surface area (Å²) >= 11 is 3.51. The van der Waals surface area contributed by atoms with Gasteiger partial charge < -0.3 is 15.4 Å². The average Bonchev–Trinajstić information content (AvgIpc) is 2.70. The van der Waals surface area contributed by atoms with Gasteiger partial charge in [-0.1, -0.05) is 40.2 Å². The first-order valence-electron chi connectivity index (χ1n) is 9.14. The van der Waals surface area contributed by atoms with E-state index in [1.807, 2.05) is 0 Å². The van der Waals surface area contributed by atoms with Gasteiger partial charge in [-0.2, -0.15) is 0 Å². The third kappa shape index (κ3) is 6.15. The van der Waals surface area contributed by atoms with E-state index in [0.717, 1.165) is 48.6 Å². The van der Waals surface area contributed by atoms with E-state index in [4.69, 9.17) is 4.74 Å². The summed E-state index contributed by atoms with van der Waals surface area (Å²) in [5.41, 5.74) is 2.34. The Morgan fingerprint density at radius 2 is 1.71 bits per heavy atom. The van der Waals surface area contributed by atoms with Gasteiger partial charge in [0.2, 0.25) is 0 Å². The Morgan fingerprint density at radius 3 is 2.32 bits per heavy atom. The highest BCUT2D eigenvalue weighted by Crippen LogP contribution is 2.34. The van der Waals surface area contributed by atoms with Crippen molar-refractivity contribution in [1.29, 1.82) is 0 Å². The number of hydrogen-bond donors (Lipinski definition) is 2. The van der Waals surface area contributed by atoms with Crippen molar-refractivity contribution in [1.82, 2.24) is 10.6 Å². The van der Waals surface area contributed by atoms with Crippen molar-refractivity contribution < 1.29 is 9.13 Å². The molecule has 1 heterocycles. The van der Waals surface area contributed by atoms with E-state index in [-0.39, 0.29) is 35.2 Å². The van der Waals surface area contributed by atoms with E-state index in [1.54, 1.807) is 19.2 Å². The Bertz CT molecular complexity index is 762. The van der Waals surface area contributed by atoms with Crippen LogP contribution >= 0.6 is 39.9 Å². The Morgan fingerprint density at radius 1 is 1.07 bits per heavy atom. The molecule has 0 radical (unpaired) electrons. The predicted octanol–water partition coefficient (Wildman–Crippen LogP) is 4.62. The zero-order valence-corrected chi connectivity index (χ0v) is 19.8. The van der Waals surface area contributed by atoms with Crippen molar-refractivity contribution in [2.75, 3.05) is 26.8 Å². The second-order valence-electron chi connectivity index (χ2n) is 6.81. The van der Waals surface area contributed by atoms with E-state index >= 15 is 0 Å². The molecule has 2 N–H and O–H groups in total. The monoisotopic (exact) mass is 561 g/mol. The molecule has 0 saturated carbocycles. The number of guanidine groups is 1. The lowest BCUT2D eigenvalue weighted by Crippen LogP contribution is -2.47. The maximum Gasteiger partial charge on any atom is 0.191 e. The summed E-state index contributed by atoms with van der Waals surface area (Å²) in [6.07, 6.45) is 1.94. The van der Waals surface area contributed by atoms with Crippen molar-refractivity contribution in [3.8, 4) is 0 Å². The van der Waals surface area contributed by atoms with Crippen LogP contribution in [0.1, 0.15) is 24.0 Å². The smallest absolute Gasteiger partial charge is 0.191 e. The number of aliphatic imine (C=N–C) groups is 1. The van der Waals surface area contributed by atoms with E-state index in [2.05, 4.69) is 55.8 Å². The first-order chi connectivity index (χ1) is 13.1. The largest absolute Gasteiger partial charge is 0.381 e. The summed E-state index contributed by atoms with van der Waals surface area (Å²) < 4.78 is 19.7. The van der Waals surface area contributed by atoms with Gasteiger partial charge in [-0.3, -0.25) is 4.99 Å². The van der Waals surface area contributed by atoms with Gasteiger partial charge in [0.25, 0.3) is 0 Å². The summed E-state index contributed by atoms with van der Waals surface area (Å²) in [4.78, 5) is 4.33. The van der Waals surface area contributed by atoms with Gasteiger partial charge in [0, 0.05) is 43.2 Å². The van der Waals surface area contributed by atoms with Gasteiger partial charge >= 0.3 is 0 Å². The number of rotatable bonds is 5. The van der Waals surface area contributed by atoms with E-state index in [0.29, 0.717) is 6.54 Å². The van der Waals surface area contributed by atoms with Crippen LogP contribution in [0.4, 0.5) is 4.39 Å². The molecule has 3 rings (SSSR count). The molecule has 0 unspecified atom stereocenters. The summed E-state index contributed by atoms with van der Waals surface area (Å²) in [5, 5.41) is 6.77.